The first kappa shape index (κ1) is 9.21. The normalized spacial score (nSPS) is 33.3. The Hall–Kier alpha value is -1.04. The number of hydrogen-bond donors (Lipinski definition) is 0. The smallest absolute Gasteiger partial charge is 0.000653 e. The molecule has 2 atom stereocenters. The Bertz CT molecular complexity index is 402. The summed E-state index contributed by atoms with van der Waals surface area (Å²) < 4.78 is 0. The Balaban J connectivity index is 2.14. The van der Waals surface area contributed by atoms with Gasteiger partial charge in [0, 0.05) is 0 Å². The van der Waals surface area contributed by atoms with Gasteiger partial charge in [0.1, 0.15) is 0 Å². The van der Waals surface area contributed by atoms with Gasteiger partial charge in [-0.25, -0.2) is 0 Å². The average Bonchev–Trinajstić information content (AvgIpc) is 2.29. The number of fused-ring (bicyclic) bond motifs is 3. The first-order valence-electron chi connectivity index (χ1n) is 6.08. The first-order valence-corrected chi connectivity index (χ1v) is 6.08. The summed E-state index contributed by atoms with van der Waals surface area (Å²) in [4.78, 5) is 0. The van der Waals surface area contributed by atoms with Crippen LogP contribution in [-0.4, -0.2) is 0 Å². The van der Waals surface area contributed by atoms with E-state index >= 15 is 0 Å². The van der Waals surface area contributed by atoms with Gasteiger partial charge in [0.2, 0.25) is 0 Å². The molecule has 1 aromatic carbocycles. The molecule has 0 heterocycles. The van der Waals surface area contributed by atoms with E-state index in [4.69, 9.17) is 0 Å². The van der Waals surface area contributed by atoms with Gasteiger partial charge in [0.15, 0.2) is 0 Å². The minimum absolute atomic E-state index is 0.420. The summed E-state index contributed by atoms with van der Waals surface area (Å²) >= 11 is 0. The molecule has 3 rings (SSSR count). The Kier molecular flexibility index (Phi) is 1.98. The molecule has 0 aromatic heterocycles. The minimum Gasteiger partial charge on any atom is -0.0799 e. The van der Waals surface area contributed by atoms with Crippen LogP contribution in [0.5, 0.6) is 0 Å². The van der Waals surface area contributed by atoms with Gasteiger partial charge in [0.25, 0.3) is 0 Å². The fourth-order valence-corrected chi connectivity index (χ4v) is 3.39. The highest BCUT2D eigenvalue weighted by Crippen LogP contribution is 2.48. The van der Waals surface area contributed by atoms with Gasteiger partial charge in [-0.15, -0.1) is 0 Å². The monoisotopic (exact) mass is 198 g/mol. The van der Waals surface area contributed by atoms with Crippen LogP contribution in [0.1, 0.15) is 43.7 Å². The zero-order valence-corrected chi connectivity index (χ0v) is 9.37. The van der Waals surface area contributed by atoms with E-state index in [0.717, 1.165) is 5.92 Å². The van der Waals surface area contributed by atoms with Crippen molar-refractivity contribution in [3.05, 3.63) is 41.5 Å². The van der Waals surface area contributed by atoms with Gasteiger partial charge in [0.05, 0.1) is 0 Å². The van der Waals surface area contributed by atoms with Crippen molar-refractivity contribution in [2.24, 2.45) is 5.92 Å². The highest BCUT2D eigenvalue weighted by atomic mass is 14.4. The van der Waals surface area contributed by atoms with Crippen molar-refractivity contribution >= 4 is 6.08 Å². The lowest BCUT2D eigenvalue weighted by Gasteiger charge is -2.43. The minimum atomic E-state index is 0.420. The SMILES string of the molecule is C[C@]12CCCC[C@@H]1C=Cc1ccccc12. The van der Waals surface area contributed by atoms with Crippen molar-refractivity contribution in [1.82, 2.24) is 0 Å². The van der Waals surface area contributed by atoms with Crippen LogP contribution in [0.4, 0.5) is 0 Å². The molecule has 15 heavy (non-hydrogen) atoms. The van der Waals surface area contributed by atoms with Gasteiger partial charge in [-0.05, 0) is 35.3 Å². The predicted molar refractivity (Wildman–Crippen MR) is 64.8 cm³/mol. The third-order valence-corrected chi connectivity index (χ3v) is 4.36. The zero-order chi connectivity index (χ0) is 10.3. The zero-order valence-electron chi connectivity index (χ0n) is 9.37. The topological polar surface area (TPSA) is 0 Å². The maximum Gasteiger partial charge on any atom is -0.000653 e. The predicted octanol–water partition coefficient (Wildman–Crippen LogP) is 4.16. The lowest BCUT2D eigenvalue weighted by atomic mass is 9.61. The third kappa shape index (κ3) is 1.27. The van der Waals surface area contributed by atoms with Crippen molar-refractivity contribution < 1.29 is 0 Å². The second-order valence-corrected chi connectivity index (χ2v) is 5.22. The molecule has 0 spiro atoms. The summed E-state index contributed by atoms with van der Waals surface area (Å²) in [6.45, 7) is 2.46. The first-order chi connectivity index (χ1) is 7.31. The highest BCUT2D eigenvalue weighted by molar-refractivity contribution is 5.60. The quantitative estimate of drug-likeness (QED) is 0.587. The van der Waals surface area contributed by atoms with Crippen LogP contribution in [0.2, 0.25) is 0 Å². The molecule has 2 aliphatic rings. The molecule has 1 aromatic rings. The summed E-state index contributed by atoms with van der Waals surface area (Å²) in [5, 5.41) is 0. The molecule has 0 unspecified atom stereocenters. The van der Waals surface area contributed by atoms with Crippen molar-refractivity contribution in [3.63, 3.8) is 0 Å². The van der Waals surface area contributed by atoms with E-state index in [-0.39, 0.29) is 0 Å². The molecule has 0 bridgehead atoms. The van der Waals surface area contributed by atoms with Gasteiger partial charge < -0.3 is 0 Å². The largest absolute Gasteiger partial charge is 0.0799 e. The molecule has 0 amide bonds. The summed E-state index contributed by atoms with van der Waals surface area (Å²) in [5.74, 6) is 0.779. The van der Waals surface area contributed by atoms with Crippen LogP contribution in [0.25, 0.3) is 6.08 Å². The van der Waals surface area contributed by atoms with Crippen LogP contribution < -0.4 is 0 Å². The van der Waals surface area contributed by atoms with E-state index in [9.17, 15) is 0 Å². The van der Waals surface area contributed by atoms with Crippen molar-refractivity contribution in [3.8, 4) is 0 Å². The molecular weight excluding hydrogens is 180 g/mol. The third-order valence-electron chi connectivity index (χ3n) is 4.36. The van der Waals surface area contributed by atoms with Crippen LogP contribution in [0.3, 0.4) is 0 Å². The Labute approximate surface area is 92.0 Å². The van der Waals surface area contributed by atoms with Crippen LogP contribution in [-0.2, 0) is 5.41 Å². The molecule has 0 saturated heterocycles. The molecule has 0 N–H and O–H groups in total. The molecular formula is C15H18. The standard InChI is InChI=1S/C15H18/c1-15-11-5-4-7-13(15)10-9-12-6-2-3-8-14(12)15/h2-3,6,8-10,13H,4-5,7,11H2,1H3/t13-,15+/m1/s1. The number of rotatable bonds is 0. The number of allylic oxidation sites excluding steroid dienone is 1. The van der Waals surface area contributed by atoms with Gasteiger partial charge >= 0.3 is 0 Å². The number of hydrogen-bond acceptors (Lipinski definition) is 0. The maximum atomic E-state index is 2.46. The Morgan fingerprint density at radius 2 is 2.07 bits per heavy atom. The lowest BCUT2D eigenvalue weighted by molar-refractivity contribution is 0.245. The molecule has 78 valence electrons. The van der Waals surface area contributed by atoms with E-state index in [1.54, 1.807) is 5.56 Å². The fraction of sp³-hybridized carbons (Fsp3) is 0.467. The highest BCUT2D eigenvalue weighted by Gasteiger charge is 2.39. The van der Waals surface area contributed by atoms with Crippen LogP contribution in [0, 0.1) is 5.92 Å². The summed E-state index contributed by atoms with van der Waals surface area (Å²) in [7, 11) is 0. The maximum absolute atomic E-state index is 2.46. The van der Waals surface area contributed by atoms with E-state index in [1.165, 1.54) is 31.2 Å². The van der Waals surface area contributed by atoms with Crippen LogP contribution in [0.15, 0.2) is 30.3 Å². The second-order valence-electron chi connectivity index (χ2n) is 5.22. The average molecular weight is 198 g/mol. The van der Waals surface area contributed by atoms with E-state index in [2.05, 4.69) is 43.3 Å². The Morgan fingerprint density at radius 3 is 3.00 bits per heavy atom. The molecule has 0 heteroatoms. The van der Waals surface area contributed by atoms with Crippen molar-refractivity contribution in [1.29, 1.82) is 0 Å². The molecule has 0 aliphatic heterocycles. The van der Waals surface area contributed by atoms with E-state index < -0.39 is 0 Å². The summed E-state index contributed by atoms with van der Waals surface area (Å²) in [5.41, 5.74) is 3.44. The molecule has 0 radical (unpaired) electrons. The van der Waals surface area contributed by atoms with Gasteiger partial charge in [-0.3, -0.25) is 0 Å². The van der Waals surface area contributed by atoms with Gasteiger partial charge in [-0.2, -0.15) is 0 Å². The molecule has 0 nitrogen and oxygen atoms in total. The molecule has 1 saturated carbocycles. The van der Waals surface area contributed by atoms with Crippen molar-refractivity contribution in [2.75, 3.05) is 0 Å². The summed E-state index contributed by atoms with van der Waals surface area (Å²) in [6, 6.07) is 8.92. The van der Waals surface area contributed by atoms with Crippen LogP contribution >= 0.6 is 0 Å². The Morgan fingerprint density at radius 1 is 1.20 bits per heavy atom. The molecule has 2 aliphatic carbocycles. The van der Waals surface area contributed by atoms with Crippen molar-refractivity contribution in [2.45, 2.75) is 38.0 Å². The fourth-order valence-electron chi connectivity index (χ4n) is 3.39. The van der Waals surface area contributed by atoms with Gasteiger partial charge in [-0.1, -0.05) is 56.2 Å². The summed E-state index contributed by atoms with van der Waals surface area (Å²) in [6.07, 6.45) is 10.3. The number of benzene rings is 1. The van der Waals surface area contributed by atoms with E-state index in [1.807, 2.05) is 0 Å². The lowest BCUT2D eigenvalue weighted by Crippen LogP contribution is -2.36. The molecule has 1 fully saturated rings. The van der Waals surface area contributed by atoms with E-state index in [0.29, 0.717) is 5.41 Å². The second kappa shape index (κ2) is 3.23.